The first kappa shape index (κ1) is 8.74. The number of ketones is 1. The fourth-order valence-corrected chi connectivity index (χ4v) is 2.95. The van der Waals surface area contributed by atoms with Crippen LogP contribution in [0.2, 0.25) is 0 Å². The first-order valence-electron chi connectivity index (χ1n) is 4.96. The Morgan fingerprint density at radius 2 is 2.23 bits per heavy atom. The first-order valence-corrected chi connectivity index (χ1v) is 4.96. The van der Waals surface area contributed by atoms with Crippen LogP contribution >= 0.6 is 0 Å². The van der Waals surface area contributed by atoms with Gasteiger partial charge in [0.1, 0.15) is 5.78 Å². The third-order valence-electron chi connectivity index (χ3n) is 3.50. The number of hydrogen-bond acceptors (Lipinski definition) is 2. The zero-order chi connectivity index (χ0) is 9.64. The number of hydrogen-bond donors (Lipinski definition) is 0. The van der Waals surface area contributed by atoms with Crippen molar-refractivity contribution in [2.75, 3.05) is 0 Å². The topological polar surface area (TPSA) is 40.9 Å². The minimum Gasteiger partial charge on any atom is -0.299 e. The zero-order valence-corrected chi connectivity index (χ0v) is 8.21. The van der Waals surface area contributed by atoms with Gasteiger partial charge in [0.25, 0.3) is 0 Å². The molecule has 0 unspecified atom stereocenters. The quantitative estimate of drug-likeness (QED) is 0.569. The highest BCUT2D eigenvalue weighted by atomic mass is 16.1. The number of carbonyl (C=O) groups is 1. The molecule has 3 atom stereocenters. The van der Waals surface area contributed by atoms with Gasteiger partial charge >= 0.3 is 0 Å². The summed E-state index contributed by atoms with van der Waals surface area (Å²) >= 11 is 0. The van der Waals surface area contributed by atoms with E-state index in [1.807, 2.05) is 0 Å². The van der Waals surface area contributed by atoms with Crippen LogP contribution in [0.25, 0.3) is 0 Å². The Hall–Kier alpha value is -0.840. The fraction of sp³-hybridized carbons (Fsp3) is 0.818. The van der Waals surface area contributed by atoms with Gasteiger partial charge in [-0.1, -0.05) is 13.8 Å². The smallest absolute Gasteiger partial charge is 0.138 e. The van der Waals surface area contributed by atoms with Gasteiger partial charge in [-0.2, -0.15) is 5.26 Å². The van der Waals surface area contributed by atoms with Crippen molar-refractivity contribution in [3.8, 4) is 6.07 Å². The number of nitriles is 1. The molecule has 0 aromatic rings. The van der Waals surface area contributed by atoms with E-state index in [9.17, 15) is 4.79 Å². The molecule has 2 rings (SSSR count). The zero-order valence-electron chi connectivity index (χ0n) is 8.21. The van der Waals surface area contributed by atoms with Gasteiger partial charge in [-0.15, -0.1) is 0 Å². The molecule has 0 heterocycles. The number of nitrogens with zero attached hydrogens (tertiary/aromatic N) is 1. The first-order chi connectivity index (χ1) is 6.03. The van der Waals surface area contributed by atoms with Gasteiger partial charge in [-0.3, -0.25) is 4.79 Å². The number of carbonyl (C=O) groups excluding carboxylic acids is 1. The lowest BCUT2D eigenvalue weighted by Crippen LogP contribution is -2.48. The molecular formula is C11H15NO. The summed E-state index contributed by atoms with van der Waals surface area (Å²) in [6, 6.07) is 2.24. The fourth-order valence-electron chi connectivity index (χ4n) is 2.95. The summed E-state index contributed by atoms with van der Waals surface area (Å²) in [6.07, 6.45) is 2.75. The summed E-state index contributed by atoms with van der Waals surface area (Å²) in [5, 5.41) is 8.77. The maximum absolute atomic E-state index is 11.7. The molecule has 2 aliphatic rings. The highest BCUT2D eigenvalue weighted by molar-refractivity contribution is 5.84. The Kier molecular flexibility index (Phi) is 1.73. The van der Waals surface area contributed by atoms with E-state index in [4.69, 9.17) is 5.26 Å². The van der Waals surface area contributed by atoms with Crippen LogP contribution in [0.3, 0.4) is 0 Å². The molecular weight excluding hydrogens is 162 g/mol. The van der Waals surface area contributed by atoms with Gasteiger partial charge in [0.05, 0.1) is 12.0 Å². The van der Waals surface area contributed by atoms with Crippen LogP contribution in [0.15, 0.2) is 0 Å². The van der Waals surface area contributed by atoms with Gasteiger partial charge in [-0.25, -0.2) is 0 Å². The average molecular weight is 177 g/mol. The lowest BCUT2D eigenvalue weighted by molar-refractivity contribution is -0.139. The van der Waals surface area contributed by atoms with E-state index in [0.29, 0.717) is 18.1 Å². The highest BCUT2D eigenvalue weighted by Crippen LogP contribution is 2.52. The molecule has 0 bridgehead atoms. The van der Waals surface area contributed by atoms with E-state index in [-0.39, 0.29) is 17.3 Å². The molecule has 0 aromatic carbocycles. The Balaban J connectivity index is 2.13. The Bertz CT molecular complexity index is 287. The second kappa shape index (κ2) is 2.57. The molecule has 0 N–H and O–H groups in total. The Labute approximate surface area is 78.9 Å². The molecule has 2 aliphatic carbocycles. The molecule has 0 amide bonds. The maximum atomic E-state index is 11.7. The lowest BCUT2D eigenvalue weighted by atomic mass is 9.53. The second-order valence-corrected chi connectivity index (χ2v) is 5.27. The van der Waals surface area contributed by atoms with Crippen LogP contribution in [0, 0.1) is 34.5 Å². The van der Waals surface area contributed by atoms with Crippen molar-refractivity contribution in [3.63, 3.8) is 0 Å². The van der Waals surface area contributed by atoms with E-state index in [1.54, 1.807) is 0 Å². The molecule has 13 heavy (non-hydrogen) atoms. The Morgan fingerprint density at radius 3 is 2.77 bits per heavy atom. The summed E-state index contributed by atoms with van der Waals surface area (Å²) in [7, 11) is 0. The van der Waals surface area contributed by atoms with Crippen LogP contribution in [0.5, 0.6) is 0 Å². The van der Waals surface area contributed by atoms with Crippen LogP contribution < -0.4 is 0 Å². The summed E-state index contributed by atoms with van der Waals surface area (Å²) in [4.78, 5) is 11.7. The highest BCUT2D eigenvalue weighted by Gasteiger charge is 2.51. The third kappa shape index (κ3) is 1.27. The normalized spacial score (nSPS) is 41.6. The van der Waals surface area contributed by atoms with E-state index >= 15 is 0 Å². The molecule has 2 fully saturated rings. The van der Waals surface area contributed by atoms with Gasteiger partial charge in [0.15, 0.2) is 0 Å². The summed E-state index contributed by atoms with van der Waals surface area (Å²) < 4.78 is 0. The maximum Gasteiger partial charge on any atom is 0.138 e. The Morgan fingerprint density at radius 1 is 1.54 bits per heavy atom. The van der Waals surface area contributed by atoms with Crippen LogP contribution in [0.4, 0.5) is 0 Å². The van der Waals surface area contributed by atoms with Crippen molar-refractivity contribution in [3.05, 3.63) is 0 Å². The van der Waals surface area contributed by atoms with E-state index in [0.717, 1.165) is 12.8 Å². The van der Waals surface area contributed by atoms with Crippen molar-refractivity contribution in [2.45, 2.75) is 33.1 Å². The van der Waals surface area contributed by atoms with Crippen molar-refractivity contribution >= 4 is 5.78 Å². The lowest BCUT2D eigenvalue weighted by Gasteiger charge is -2.48. The van der Waals surface area contributed by atoms with E-state index in [1.165, 1.54) is 0 Å². The SMILES string of the molecule is CC1(C)CC(=O)[C@H]2[C@H](C[C@H]2C#N)C1. The number of rotatable bonds is 0. The number of Topliss-reactive ketones (excluding diaryl/α,β-unsaturated/α-hetero) is 1. The van der Waals surface area contributed by atoms with E-state index in [2.05, 4.69) is 19.9 Å². The van der Waals surface area contributed by atoms with Gasteiger partial charge in [0, 0.05) is 12.3 Å². The van der Waals surface area contributed by atoms with Crippen molar-refractivity contribution in [1.29, 1.82) is 5.26 Å². The predicted molar refractivity (Wildman–Crippen MR) is 48.7 cm³/mol. The molecule has 0 aliphatic heterocycles. The largest absolute Gasteiger partial charge is 0.299 e. The van der Waals surface area contributed by atoms with E-state index < -0.39 is 0 Å². The van der Waals surface area contributed by atoms with Crippen LogP contribution in [-0.2, 0) is 4.79 Å². The summed E-state index contributed by atoms with van der Waals surface area (Å²) in [5.74, 6) is 0.978. The minimum atomic E-state index is 0.0357. The standard InChI is InChI=1S/C11H15NO/c1-11(2)4-7-3-8(6-12)10(7)9(13)5-11/h7-8,10H,3-5H2,1-2H3/t7-,8+,10+/m1/s1. The predicted octanol–water partition coefficient (Wildman–Crippen LogP) is 2.15. The molecule has 0 spiro atoms. The number of fused-ring (bicyclic) bond motifs is 1. The second-order valence-electron chi connectivity index (χ2n) is 5.27. The molecule has 0 radical (unpaired) electrons. The van der Waals surface area contributed by atoms with Crippen LogP contribution in [0.1, 0.15) is 33.1 Å². The molecule has 2 heteroatoms. The minimum absolute atomic E-state index is 0.0357. The summed E-state index contributed by atoms with van der Waals surface area (Å²) in [6.45, 7) is 4.31. The molecule has 2 nitrogen and oxygen atoms in total. The van der Waals surface area contributed by atoms with Crippen LogP contribution in [-0.4, -0.2) is 5.78 Å². The monoisotopic (exact) mass is 177 g/mol. The van der Waals surface area contributed by atoms with Gasteiger partial charge in [-0.05, 0) is 24.2 Å². The molecule has 0 saturated heterocycles. The molecule has 70 valence electrons. The van der Waals surface area contributed by atoms with Crippen molar-refractivity contribution in [1.82, 2.24) is 0 Å². The van der Waals surface area contributed by atoms with Gasteiger partial charge < -0.3 is 0 Å². The molecule has 2 saturated carbocycles. The van der Waals surface area contributed by atoms with Gasteiger partial charge in [0.2, 0.25) is 0 Å². The van der Waals surface area contributed by atoms with Crippen molar-refractivity contribution < 1.29 is 4.79 Å². The third-order valence-corrected chi connectivity index (χ3v) is 3.50. The average Bonchev–Trinajstić information content (AvgIpc) is 1.93. The van der Waals surface area contributed by atoms with Crippen molar-refractivity contribution in [2.24, 2.45) is 23.2 Å². The molecule has 0 aromatic heterocycles. The summed E-state index contributed by atoms with van der Waals surface area (Å²) in [5.41, 5.74) is 0.179.